The minimum Gasteiger partial charge on any atom is -0.309 e. The summed E-state index contributed by atoms with van der Waals surface area (Å²) >= 11 is 0. The maximum Gasteiger partial charge on any atom is 0.125 e. The maximum atomic E-state index is 4.59. The van der Waals surface area contributed by atoms with Gasteiger partial charge >= 0.3 is 0 Å². The molecule has 1 aromatic rings. The van der Waals surface area contributed by atoms with E-state index >= 15 is 0 Å². The Morgan fingerprint density at radius 2 is 1.71 bits per heavy atom. The van der Waals surface area contributed by atoms with Crippen LogP contribution in [0.3, 0.4) is 0 Å². The Kier molecular flexibility index (Phi) is 10.1. The van der Waals surface area contributed by atoms with Gasteiger partial charge in [0.05, 0.1) is 5.69 Å². The first-order valence-corrected chi connectivity index (χ1v) is 8.80. The third kappa shape index (κ3) is 8.15. The molecule has 0 bridgehead atoms. The summed E-state index contributed by atoms with van der Waals surface area (Å²) in [4.78, 5) is 8.79. The molecule has 0 radical (unpaired) electrons. The average Bonchev–Trinajstić information content (AvgIpc) is 2.49. The molecule has 1 N–H and O–H groups in total. The number of hydrogen-bond donors (Lipinski definition) is 1. The number of nitrogens with one attached hydrogen (secondary N) is 1. The lowest BCUT2D eigenvalue weighted by Gasteiger charge is -2.18. The van der Waals surface area contributed by atoms with Crippen molar-refractivity contribution in [1.82, 2.24) is 15.3 Å². The molecule has 0 amide bonds. The normalized spacial score (nSPS) is 12.5. The van der Waals surface area contributed by atoms with Crippen molar-refractivity contribution >= 4 is 0 Å². The number of rotatable bonds is 12. The number of aryl methyl sites for hydroxylation is 1. The number of aromatic nitrogens is 2. The molecule has 0 aliphatic heterocycles. The van der Waals surface area contributed by atoms with Crippen LogP contribution in [0.5, 0.6) is 0 Å². The summed E-state index contributed by atoms with van der Waals surface area (Å²) in [5, 5.41) is 3.63. The van der Waals surface area contributed by atoms with Crippen LogP contribution in [0.15, 0.2) is 12.3 Å². The second-order valence-electron chi connectivity index (χ2n) is 5.95. The van der Waals surface area contributed by atoms with E-state index in [9.17, 15) is 0 Å². The lowest BCUT2D eigenvalue weighted by atomic mass is 10.0. The molecular weight excluding hydrogens is 258 g/mol. The molecule has 0 fully saturated rings. The second kappa shape index (κ2) is 11.7. The summed E-state index contributed by atoms with van der Waals surface area (Å²) in [6.07, 6.45) is 13.8. The van der Waals surface area contributed by atoms with Crippen molar-refractivity contribution in [2.45, 2.75) is 84.6 Å². The predicted molar refractivity (Wildman–Crippen MR) is 90.4 cm³/mol. The van der Waals surface area contributed by atoms with Crippen molar-refractivity contribution < 1.29 is 0 Å². The zero-order valence-electron chi connectivity index (χ0n) is 14.2. The van der Waals surface area contributed by atoms with Gasteiger partial charge in [0.25, 0.3) is 0 Å². The van der Waals surface area contributed by atoms with Crippen molar-refractivity contribution in [2.24, 2.45) is 0 Å². The first kappa shape index (κ1) is 18.1. The van der Waals surface area contributed by atoms with Crippen LogP contribution in [0.2, 0.25) is 0 Å². The molecule has 3 nitrogen and oxygen atoms in total. The molecule has 0 aromatic carbocycles. The first-order valence-electron chi connectivity index (χ1n) is 8.80. The fraction of sp³-hybridized carbons (Fsp3) is 0.778. The van der Waals surface area contributed by atoms with Gasteiger partial charge in [-0.1, -0.05) is 58.8 Å². The Morgan fingerprint density at radius 1 is 1.00 bits per heavy atom. The van der Waals surface area contributed by atoms with Crippen LogP contribution in [0, 0.1) is 6.92 Å². The Labute approximate surface area is 131 Å². The summed E-state index contributed by atoms with van der Waals surface area (Å²) in [5.74, 6) is 0.871. The monoisotopic (exact) mass is 291 g/mol. The molecule has 0 aliphatic rings. The largest absolute Gasteiger partial charge is 0.309 e. The van der Waals surface area contributed by atoms with Crippen molar-refractivity contribution in [3.05, 3.63) is 23.8 Å². The van der Waals surface area contributed by atoms with E-state index in [1.807, 2.05) is 13.1 Å². The summed E-state index contributed by atoms with van der Waals surface area (Å²) < 4.78 is 0. The fourth-order valence-corrected chi connectivity index (χ4v) is 2.65. The van der Waals surface area contributed by atoms with Crippen molar-refractivity contribution in [3.63, 3.8) is 0 Å². The van der Waals surface area contributed by atoms with Crippen LogP contribution in [0.1, 0.15) is 89.2 Å². The maximum absolute atomic E-state index is 4.59. The van der Waals surface area contributed by atoms with Gasteiger partial charge in [0.2, 0.25) is 0 Å². The molecule has 0 saturated carbocycles. The Morgan fingerprint density at radius 3 is 2.38 bits per heavy atom. The molecule has 0 spiro atoms. The van der Waals surface area contributed by atoms with Crippen LogP contribution in [0.4, 0.5) is 0 Å². The third-order valence-electron chi connectivity index (χ3n) is 3.89. The molecule has 0 saturated heterocycles. The summed E-state index contributed by atoms with van der Waals surface area (Å²) in [6, 6.07) is 2.45. The van der Waals surface area contributed by atoms with E-state index in [2.05, 4.69) is 35.2 Å². The standard InChI is InChI=1S/C18H33N3/c1-4-6-7-8-9-10-11-12-17(20-14-5-2)18-13-15-19-16(3)21-18/h13,15,17,20H,4-12,14H2,1-3H3. The van der Waals surface area contributed by atoms with Gasteiger partial charge < -0.3 is 5.32 Å². The number of unbranched alkanes of at least 4 members (excludes halogenated alkanes) is 6. The van der Waals surface area contributed by atoms with Crippen LogP contribution in [-0.4, -0.2) is 16.5 Å². The quantitative estimate of drug-likeness (QED) is 0.553. The van der Waals surface area contributed by atoms with Crippen LogP contribution < -0.4 is 5.32 Å². The summed E-state index contributed by atoms with van der Waals surface area (Å²) in [5.41, 5.74) is 1.15. The van der Waals surface area contributed by atoms with Gasteiger partial charge in [-0.3, -0.25) is 0 Å². The molecule has 21 heavy (non-hydrogen) atoms. The molecule has 1 rings (SSSR count). The van der Waals surface area contributed by atoms with E-state index in [0.717, 1.165) is 24.5 Å². The molecule has 1 unspecified atom stereocenters. The SMILES string of the molecule is CCCCCCCCCC(NCCC)c1ccnc(C)n1. The molecule has 1 heterocycles. The van der Waals surface area contributed by atoms with E-state index < -0.39 is 0 Å². The van der Waals surface area contributed by atoms with E-state index in [1.165, 1.54) is 51.4 Å². The third-order valence-corrected chi connectivity index (χ3v) is 3.89. The smallest absolute Gasteiger partial charge is 0.125 e. The van der Waals surface area contributed by atoms with Gasteiger partial charge in [0.15, 0.2) is 0 Å². The van der Waals surface area contributed by atoms with Crippen molar-refractivity contribution in [2.75, 3.05) is 6.54 Å². The Hall–Kier alpha value is -0.960. The molecule has 1 aromatic heterocycles. The molecular formula is C18H33N3. The van der Waals surface area contributed by atoms with E-state index in [0.29, 0.717) is 6.04 Å². The lowest BCUT2D eigenvalue weighted by Crippen LogP contribution is -2.23. The highest BCUT2D eigenvalue weighted by atomic mass is 15.0. The van der Waals surface area contributed by atoms with Gasteiger partial charge in [-0.05, 0) is 32.4 Å². The summed E-state index contributed by atoms with van der Waals surface area (Å²) in [7, 11) is 0. The fourth-order valence-electron chi connectivity index (χ4n) is 2.65. The zero-order chi connectivity index (χ0) is 15.3. The van der Waals surface area contributed by atoms with Crippen molar-refractivity contribution in [1.29, 1.82) is 0 Å². The lowest BCUT2D eigenvalue weighted by molar-refractivity contribution is 0.456. The van der Waals surface area contributed by atoms with E-state index in [4.69, 9.17) is 0 Å². The van der Waals surface area contributed by atoms with Gasteiger partial charge in [-0.15, -0.1) is 0 Å². The van der Waals surface area contributed by atoms with Gasteiger partial charge in [-0.25, -0.2) is 9.97 Å². The first-order chi connectivity index (χ1) is 10.3. The Balaban J connectivity index is 2.33. The Bertz CT molecular complexity index is 365. The summed E-state index contributed by atoms with van der Waals surface area (Å²) in [6.45, 7) is 7.51. The van der Waals surface area contributed by atoms with Gasteiger partial charge in [0, 0.05) is 12.2 Å². The second-order valence-corrected chi connectivity index (χ2v) is 5.95. The topological polar surface area (TPSA) is 37.8 Å². The van der Waals surface area contributed by atoms with Gasteiger partial charge in [-0.2, -0.15) is 0 Å². The zero-order valence-corrected chi connectivity index (χ0v) is 14.2. The van der Waals surface area contributed by atoms with Gasteiger partial charge in [0.1, 0.15) is 5.82 Å². The number of nitrogens with zero attached hydrogens (tertiary/aromatic N) is 2. The highest BCUT2D eigenvalue weighted by molar-refractivity contribution is 5.07. The molecule has 120 valence electrons. The molecule has 1 atom stereocenters. The van der Waals surface area contributed by atoms with Crippen LogP contribution in [-0.2, 0) is 0 Å². The minimum atomic E-state index is 0.391. The van der Waals surface area contributed by atoms with E-state index in [1.54, 1.807) is 0 Å². The number of hydrogen-bond acceptors (Lipinski definition) is 3. The molecule has 0 aliphatic carbocycles. The van der Waals surface area contributed by atoms with Crippen LogP contribution >= 0.6 is 0 Å². The van der Waals surface area contributed by atoms with Crippen LogP contribution in [0.25, 0.3) is 0 Å². The highest BCUT2D eigenvalue weighted by Crippen LogP contribution is 2.19. The van der Waals surface area contributed by atoms with Crippen molar-refractivity contribution in [3.8, 4) is 0 Å². The minimum absolute atomic E-state index is 0.391. The predicted octanol–water partition coefficient (Wildman–Crippen LogP) is 4.97. The highest BCUT2D eigenvalue weighted by Gasteiger charge is 2.12. The molecule has 3 heteroatoms. The average molecular weight is 291 g/mol. The van der Waals surface area contributed by atoms with E-state index in [-0.39, 0.29) is 0 Å².